The van der Waals surface area contributed by atoms with Crippen LogP contribution in [0, 0.1) is 0 Å². The number of hydrogen-bond donors (Lipinski definition) is 0. The van der Waals surface area contributed by atoms with Crippen LogP contribution in [0.2, 0.25) is 0 Å². The lowest BCUT2D eigenvalue weighted by Gasteiger charge is -2.27. The summed E-state index contributed by atoms with van der Waals surface area (Å²) in [6.07, 6.45) is 6.60. The van der Waals surface area contributed by atoms with Crippen molar-refractivity contribution in [3.63, 3.8) is 0 Å². The highest BCUT2D eigenvalue weighted by Crippen LogP contribution is 2.43. The molecule has 0 radical (unpaired) electrons. The Balaban J connectivity index is 1.36. The molecule has 0 fully saturated rings. The van der Waals surface area contributed by atoms with Crippen molar-refractivity contribution in [2.45, 2.75) is 12.8 Å². The van der Waals surface area contributed by atoms with Crippen molar-refractivity contribution in [2.75, 3.05) is 4.90 Å². The van der Waals surface area contributed by atoms with Gasteiger partial charge in [-0.15, -0.1) is 0 Å². The van der Waals surface area contributed by atoms with E-state index in [2.05, 4.69) is 155 Å². The second-order valence-electron chi connectivity index (χ2n) is 11.3. The summed E-state index contributed by atoms with van der Waals surface area (Å²) in [5, 5.41) is 7.32. The highest BCUT2D eigenvalue weighted by molar-refractivity contribution is 6.14. The van der Waals surface area contributed by atoms with E-state index < -0.39 is 0 Å². The maximum atomic E-state index is 6.40. The molecule has 9 rings (SSSR count). The topological polar surface area (TPSA) is 21.3 Å². The highest BCUT2D eigenvalue weighted by Gasteiger charge is 2.22. The van der Waals surface area contributed by atoms with Crippen LogP contribution < -0.4 is 15.5 Å². The van der Waals surface area contributed by atoms with Crippen LogP contribution in [0.1, 0.15) is 12.8 Å². The van der Waals surface area contributed by atoms with E-state index in [1.165, 1.54) is 43.2 Å². The van der Waals surface area contributed by atoms with E-state index in [4.69, 9.17) is 4.42 Å². The second-order valence-corrected chi connectivity index (χ2v) is 11.3. The van der Waals surface area contributed by atoms with E-state index >= 15 is 0 Å². The molecule has 0 atom stereocenters. The number of fused-ring (bicyclic) bond motifs is 7. The molecule has 6 aromatic carbocycles. The van der Waals surface area contributed by atoms with Crippen LogP contribution in [0.5, 0.6) is 0 Å². The first kappa shape index (κ1) is 24.1. The average molecular weight is 553 g/mol. The number of anilines is 3. The van der Waals surface area contributed by atoms with Gasteiger partial charge in [0.25, 0.3) is 0 Å². The molecule has 0 bridgehead atoms. The minimum atomic E-state index is 0.917. The van der Waals surface area contributed by atoms with Crippen LogP contribution in [0.25, 0.3) is 61.4 Å². The highest BCUT2D eigenvalue weighted by atomic mass is 16.3. The van der Waals surface area contributed by atoms with Crippen LogP contribution in [-0.2, 0) is 0 Å². The Morgan fingerprint density at radius 2 is 1.35 bits per heavy atom. The van der Waals surface area contributed by atoms with E-state index in [-0.39, 0.29) is 0 Å². The molecule has 3 nitrogen and oxygen atoms in total. The number of para-hydroxylation sites is 3. The first-order chi connectivity index (χ1) is 21.3. The Morgan fingerprint density at radius 3 is 2.28 bits per heavy atom. The van der Waals surface area contributed by atoms with Gasteiger partial charge in [0.2, 0.25) is 0 Å². The summed E-state index contributed by atoms with van der Waals surface area (Å²) in [6.45, 7) is 0. The number of nitrogens with zero attached hydrogens (tertiary/aromatic N) is 2. The molecule has 43 heavy (non-hydrogen) atoms. The van der Waals surface area contributed by atoms with Gasteiger partial charge in [-0.25, -0.2) is 0 Å². The molecule has 0 amide bonds. The first-order valence-corrected chi connectivity index (χ1v) is 14.9. The SMILES string of the molecule is C1=c2oc3cc(N(c4ccccc4)c4cccc5c6ccccc6n(-c6ccc7ccccc7c6)c45)ccc3c2=CCC1. The molecule has 0 N–H and O–H groups in total. The fourth-order valence-corrected chi connectivity index (χ4v) is 6.84. The molecule has 8 aromatic rings. The molecule has 0 spiro atoms. The molecular weight excluding hydrogens is 524 g/mol. The van der Waals surface area contributed by atoms with Crippen molar-refractivity contribution in [1.29, 1.82) is 0 Å². The lowest BCUT2D eigenvalue weighted by molar-refractivity contribution is 0.572. The molecule has 3 heteroatoms. The van der Waals surface area contributed by atoms with Crippen molar-refractivity contribution >= 4 is 72.8 Å². The lowest BCUT2D eigenvalue weighted by atomic mass is 10.1. The lowest BCUT2D eigenvalue weighted by Crippen LogP contribution is -2.22. The van der Waals surface area contributed by atoms with Gasteiger partial charge in [0, 0.05) is 44.5 Å². The number of benzene rings is 6. The minimum Gasteiger partial charge on any atom is -0.456 e. The second kappa shape index (κ2) is 9.50. The standard InChI is InChI=1S/C40H28N2O/c1-2-13-29(14-3-1)41(31-23-24-34-33-16-7-9-20-38(33)43-39(34)26-31)37-19-10-17-35-32-15-6-8-18-36(32)42(40(35)37)30-22-21-27-11-4-5-12-28(27)25-30/h1-6,8,10-26H,7,9H2. The normalized spacial score (nSPS) is 12.8. The maximum absolute atomic E-state index is 6.40. The molecular formula is C40H28N2O. The van der Waals surface area contributed by atoms with Crippen molar-refractivity contribution in [3.8, 4) is 5.69 Å². The summed E-state index contributed by atoms with van der Waals surface area (Å²) in [4.78, 5) is 2.37. The average Bonchev–Trinajstić information content (AvgIpc) is 3.61. The summed E-state index contributed by atoms with van der Waals surface area (Å²) in [7, 11) is 0. The van der Waals surface area contributed by atoms with Crippen LogP contribution in [-0.4, -0.2) is 4.57 Å². The van der Waals surface area contributed by atoms with Crippen LogP contribution in [0.3, 0.4) is 0 Å². The first-order valence-electron chi connectivity index (χ1n) is 14.9. The summed E-state index contributed by atoms with van der Waals surface area (Å²) < 4.78 is 8.83. The zero-order valence-corrected chi connectivity index (χ0v) is 23.6. The van der Waals surface area contributed by atoms with E-state index in [0.717, 1.165) is 46.6 Å². The van der Waals surface area contributed by atoms with Crippen LogP contribution >= 0.6 is 0 Å². The van der Waals surface area contributed by atoms with Gasteiger partial charge in [0.15, 0.2) is 0 Å². The van der Waals surface area contributed by atoms with Gasteiger partial charge in [-0.2, -0.15) is 0 Å². The third kappa shape index (κ3) is 3.75. The number of hydrogen-bond acceptors (Lipinski definition) is 2. The van der Waals surface area contributed by atoms with Gasteiger partial charge in [-0.1, -0.05) is 84.9 Å². The monoisotopic (exact) mass is 552 g/mol. The Hall–Kier alpha value is -5.54. The van der Waals surface area contributed by atoms with E-state index in [1.54, 1.807) is 0 Å². The molecule has 0 saturated heterocycles. The van der Waals surface area contributed by atoms with Crippen LogP contribution in [0.4, 0.5) is 17.1 Å². The predicted molar refractivity (Wildman–Crippen MR) is 180 cm³/mol. The van der Waals surface area contributed by atoms with E-state index in [1.807, 2.05) is 0 Å². The summed E-state index contributed by atoms with van der Waals surface area (Å²) in [5.74, 6) is 0. The molecule has 0 saturated carbocycles. The fraction of sp³-hybridized carbons (Fsp3) is 0.0500. The van der Waals surface area contributed by atoms with Gasteiger partial charge >= 0.3 is 0 Å². The molecule has 2 heterocycles. The Kier molecular flexibility index (Phi) is 5.32. The van der Waals surface area contributed by atoms with Crippen molar-refractivity contribution in [2.24, 2.45) is 0 Å². The smallest absolute Gasteiger partial charge is 0.137 e. The van der Waals surface area contributed by atoms with Gasteiger partial charge in [0.1, 0.15) is 11.0 Å². The van der Waals surface area contributed by atoms with Gasteiger partial charge < -0.3 is 13.9 Å². The van der Waals surface area contributed by atoms with E-state index in [9.17, 15) is 0 Å². The van der Waals surface area contributed by atoms with E-state index in [0.29, 0.717) is 0 Å². The third-order valence-corrected chi connectivity index (χ3v) is 8.76. The fourth-order valence-electron chi connectivity index (χ4n) is 6.84. The molecule has 0 aliphatic heterocycles. The summed E-state index contributed by atoms with van der Waals surface area (Å²) in [6, 6.07) is 48.0. The largest absolute Gasteiger partial charge is 0.456 e. The van der Waals surface area contributed by atoms with Crippen LogP contribution in [0.15, 0.2) is 138 Å². The Labute approximate surface area is 248 Å². The predicted octanol–water partition coefficient (Wildman–Crippen LogP) is 9.51. The zero-order valence-electron chi connectivity index (χ0n) is 23.6. The molecule has 0 unspecified atom stereocenters. The molecule has 1 aliphatic rings. The molecule has 204 valence electrons. The maximum Gasteiger partial charge on any atom is 0.137 e. The third-order valence-electron chi connectivity index (χ3n) is 8.76. The Morgan fingerprint density at radius 1 is 0.558 bits per heavy atom. The van der Waals surface area contributed by atoms with Crippen molar-refractivity contribution < 1.29 is 4.42 Å². The summed E-state index contributed by atoms with van der Waals surface area (Å²) >= 11 is 0. The molecule has 1 aliphatic carbocycles. The number of rotatable bonds is 4. The van der Waals surface area contributed by atoms with Gasteiger partial charge in [0.05, 0.1) is 16.7 Å². The number of aromatic nitrogens is 1. The summed E-state index contributed by atoms with van der Waals surface area (Å²) in [5.41, 5.74) is 8.68. The van der Waals surface area contributed by atoms with Crippen molar-refractivity contribution in [1.82, 2.24) is 4.57 Å². The Bertz CT molecular complexity index is 2460. The zero-order chi connectivity index (χ0) is 28.3. The molecule has 2 aromatic heterocycles. The van der Waals surface area contributed by atoms with Gasteiger partial charge in [-0.3, -0.25) is 0 Å². The van der Waals surface area contributed by atoms with Gasteiger partial charge in [-0.05, 0) is 78.2 Å². The minimum absolute atomic E-state index is 0.917. The van der Waals surface area contributed by atoms with Crippen molar-refractivity contribution in [3.05, 3.63) is 144 Å². The number of furan rings is 1. The quantitative estimate of drug-likeness (QED) is 0.217.